The number of hydrogen-bond acceptors (Lipinski definition) is 2. The molecule has 0 aromatic heterocycles. The summed E-state index contributed by atoms with van der Waals surface area (Å²) in [6, 6.07) is 2.80. The number of carbonyl (C=O) groups is 2. The van der Waals surface area contributed by atoms with E-state index < -0.39 is 11.8 Å². The highest BCUT2D eigenvalue weighted by Gasteiger charge is 2.17. The van der Waals surface area contributed by atoms with Crippen molar-refractivity contribution < 1.29 is 14.7 Å². The first kappa shape index (κ1) is 12.3. The average molecular weight is 267 g/mol. The Morgan fingerprint density at radius 1 is 1.13 bits per heavy atom. The van der Waals surface area contributed by atoms with Crippen LogP contribution in [0.3, 0.4) is 0 Å². The number of hydrogen-bond donors (Lipinski definition) is 1. The van der Waals surface area contributed by atoms with E-state index in [-0.39, 0.29) is 22.0 Å². The Hall–Kier alpha value is -0.770. The van der Waals surface area contributed by atoms with Crippen LogP contribution in [-0.4, -0.2) is 16.9 Å². The second kappa shape index (κ2) is 4.84. The predicted molar refractivity (Wildman–Crippen MR) is 57.8 cm³/mol. The molecule has 0 amide bonds. The lowest BCUT2D eigenvalue weighted by atomic mass is 10.1. The molecule has 1 rings (SSSR count). The van der Waals surface area contributed by atoms with Crippen molar-refractivity contribution in [3.05, 3.63) is 32.8 Å². The molecule has 0 saturated heterocycles. The molecule has 0 radical (unpaired) electrons. The minimum absolute atomic E-state index is 0.183. The van der Waals surface area contributed by atoms with Gasteiger partial charge in [-0.2, -0.15) is 0 Å². The molecule has 15 heavy (non-hydrogen) atoms. The summed E-state index contributed by atoms with van der Waals surface area (Å²) >= 11 is 17.2. The highest BCUT2D eigenvalue weighted by molar-refractivity contribution is 6.40. The fourth-order valence-electron chi connectivity index (χ4n) is 0.977. The normalized spacial score (nSPS) is 10.1. The molecular weight excluding hydrogens is 262 g/mol. The van der Waals surface area contributed by atoms with Gasteiger partial charge in [0.2, 0.25) is 5.78 Å². The summed E-state index contributed by atoms with van der Waals surface area (Å²) in [7, 11) is 0. The third-order valence-electron chi connectivity index (χ3n) is 1.68. The number of aliphatic carboxylic acids is 1. The van der Waals surface area contributed by atoms with Crippen LogP contribution in [-0.2, 0) is 16.0 Å². The van der Waals surface area contributed by atoms with Gasteiger partial charge in [0.05, 0.1) is 0 Å². The van der Waals surface area contributed by atoms with Crippen molar-refractivity contribution in [1.82, 2.24) is 0 Å². The quantitative estimate of drug-likeness (QED) is 0.857. The third-order valence-corrected chi connectivity index (χ3v) is 2.57. The molecule has 0 aliphatic carbocycles. The molecule has 80 valence electrons. The molecule has 0 bridgehead atoms. The van der Waals surface area contributed by atoms with Gasteiger partial charge in [0.15, 0.2) is 0 Å². The van der Waals surface area contributed by atoms with Crippen LogP contribution >= 0.6 is 34.8 Å². The zero-order valence-corrected chi connectivity index (χ0v) is 9.53. The molecule has 0 spiro atoms. The maximum absolute atomic E-state index is 11.0. The van der Waals surface area contributed by atoms with Crippen molar-refractivity contribution >= 4 is 46.6 Å². The van der Waals surface area contributed by atoms with Gasteiger partial charge < -0.3 is 5.11 Å². The van der Waals surface area contributed by atoms with Crippen molar-refractivity contribution in [2.75, 3.05) is 0 Å². The second-order valence-corrected chi connectivity index (χ2v) is 4.00. The Bertz CT molecular complexity index is 406. The smallest absolute Gasteiger partial charge is 0.372 e. The molecule has 0 aliphatic rings. The first-order valence-electron chi connectivity index (χ1n) is 3.81. The van der Waals surface area contributed by atoms with E-state index in [4.69, 9.17) is 39.9 Å². The van der Waals surface area contributed by atoms with Crippen LogP contribution in [0.4, 0.5) is 0 Å². The van der Waals surface area contributed by atoms with Crippen molar-refractivity contribution in [3.8, 4) is 0 Å². The Morgan fingerprint density at radius 3 is 2.00 bits per heavy atom. The minimum atomic E-state index is -1.52. The highest BCUT2D eigenvalue weighted by Crippen LogP contribution is 2.29. The summed E-state index contributed by atoms with van der Waals surface area (Å²) < 4.78 is 0. The van der Waals surface area contributed by atoms with Crippen LogP contribution < -0.4 is 0 Å². The predicted octanol–water partition coefficient (Wildman–Crippen LogP) is 2.84. The lowest BCUT2D eigenvalue weighted by molar-refractivity contribution is -0.148. The molecule has 1 aromatic carbocycles. The number of benzene rings is 1. The first-order chi connectivity index (χ1) is 6.91. The Morgan fingerprint density at radius 2 is 1.60 bits per heavy atom. The largest absolute Gasteiger partial charge is 0.475 e. The molecule has 0 aliphatic heterocycles. The standard InChI is InChI=1S/C9H5Cl3O3/c10-4-1-6(11)5(7(12)2-4)3-8(13)9(14)15/h1-2H,3H2,(H,14,15). The monoisotopic (exact) mass is 266 g/mol. The minimum Gasteiger partial charge on any atom is -0.475 e. The van der Waals surface area contributed by atoms with Crippen molar-refractivity contribution in [2.24, 2.45) is 0 Å². The van der Waals surface area contributed by atoms with Crippen molar-refractivity contribution in [1.29, 1.82) is 0 Å². The van der Waals surface area contributed by atoms with Gasteiger partial charge in [0.25, 0.3) is 0 Å². The van der Waals surface area contributed by atoms with Gasteiger partial charge in [-0.25, -0.2) is 4.79 Å². The molecule has 0 atom stereocenters. The van der Waals surface area contributed by atoms with Gasteiger partial charge in [-0.3, -0.25) is 4.79 Å². The maximum atomic E-state index is 11.0. The lowest BCUT2D eigenvalue weighted by Crippen LogP contribution is -2.15. The van der Waals surface area contributed by atoms with E-state index in [2.05, 4.69) is 0 Å². The number of rotatable bonds is 3. The maximum Gasteiger partial charge on any atom is 0.372 e. The van der Waals surface area contributed by atoms with E-state index in [1.54, 1.807) is 0 Å². The summed E-state index contributed by atoms with van der Waals surface area (Å²) in [5.74, 6) is -2.49. The molecule has 0 fully saturated rings. The van der Waals surface area contributed by atoms with E-state index in [1.165, 1.54) is 12.1 Å². The lowest BCUT2D eigenvalue weighted by Gasteiger charge is -2.05. The van der Waals surface area contributed by atoms with E-state index in [0.29, 0.717) is 5.02 Å². The molecule has 0 saturated carbocycles. The molecule has 0 heterocycles. The van der Waals surface area contributed by atoms with Crippen LogP contribution in [0, 0.1) is 0 Å². The van der Waals surface area contributed by atoms with E-state index in [1.807, 2.05) is 0 Å². The molecule has 1 aromatic rings. The number of ketones is 1. The Balaban J connectivity index is 3.05. The summed E-state index contributed by atoms with van der Waals surface area (Å²) in [6.07, 6.45) is -0.343. The van der Waals surface area contributed by atoms with Gasteiger partial charge in [-0.1, -0.05) is 34.8 Å². The second-order valence-electron chi connectivity index (χ2n) is 2.75. The van der Waals surface area contributed by atoms with Crippen LogP contribution in [0.15, 0.2) is 12.1 Å². The summed E-state index contributed by atoms with van der Waals surface area (Å²) in [5.41, 5.74) is 0.273. The van der Waals surface area contributed by atoms with Crippen LogP contribution in [0.5, 0.6) is 0 Å². The number of carbonyl (C=O) groups excluding carboxylic acids is 1. The molecule has 0 unspecified atom stereocenters. The molecular formula is C9H5Cl3O3. The topological polar surface area (TPSA) is 54.4 Å². The number of carboxylic acid groups (broad SMARTS) is 1. The van der Waals surface area contributed by atoms with Gasteiger partial charge in [-0.15, -0.1) is 0 Å². The number of carboxylic acids is 1. The highest BCUT2D eigenvalue weighted by atomic mass is 35.5. The van der Waals surface area contributed by atoms with Crippen molar-refractivity contribution in [3.63, 3.8) is 0 Å². The van der Waals surface area contributed by atoms with Crippen LogP contribution in [0.25, 0.3) is 0 Å². The zero-order valence-electron chi connectivity index (χ0n) is 7.26. The van der Waals surface area contributed by atoms with Gasteiger partial charge in [0, 0.05) is 21.5 Å². The number of Topliss-reactive ketones (excluding diaryl/α,β-unsaturated/α-hetero) is 1. The van der Waals surface area contributed by atoms with Crippen LogP contribution in [0.1, 0.15) is 5.56 Å². The van der Waals surface area contributed by atoms with E-state index in [9.17, 15) is 9.59 Å². The van der Waals surface area contributed by atoms with Crippen LogP contribution in [0.2, 0.25) is 15.1 Å². The molecule has 3 nitrogen and oxygen atoms in total. The van der Waals surface area contributed by atoms with Gasteiger partial charge in [0.1, 0.15) is 0 Å². The Kier molecular flexibility index (Phi) is 3.97. The van der Waals surface area contributed by atoms with E-state index in [0.717, 1.165) is 0 Å². The average Bonchev–Trinajstić information content (AvgIpc) is 2.10. The van der Waals surface area contributed by atoms with Gasteiger partial charge >= 0.3 is 5.97 Å². The number of halogens is 3. The first-order valence-corrected chi connectivity index (χ1v) is 4.94. The Labute approximate surface area is 101 Å². The molecule has 1 N–H and O–H groups in total. The fourth-order valence-corrected chi connectivity index (χ4v) is 1.93. The SMILES string of the molecule is O=C(O)C(=O)Cc1c(Cl)cc(Cl)cc1Cl. The molecule has 6 heteroatoms. The van der Waals surface area contributed by atoms with Gasteiger partial charge in [-0.05, 0) is 17.7 Å². The summed E-state index contributed by atoms with van der Waals surface area (Å²) in [4.78, 5) is 21.3. The van der Waals surface area contributed by atoms with Crippen molar-refractivity contribution in [2.45, 2.75) is 6.42 Å². The third kappa shape index (κ3) is 3.09. The van der Waals surface area contributed by atoms with E-state index >= 15 is 0 Å². The summed E-state index contributed by atoms with van der Waals surface area (Å²) in [5, 5.41) is 9.11. The zero-order chi connectivity index (χ0) is 11.6. The fraction of sp³-hybridized carbons (Fsp3) is 0.111. The summed E-state index contributed by atoms with van der Waals surface area (Å²) in [6.45, 7) is 0.